The average Bonchev–Trinajstić information content (AvgIpc) is 3.96. The zero-order valence-corrected chi connectivity index (χ0v) is 37.5. The van der Waals surface area contributed by atoms with E-state index >= 15 is 0 Å². The van der Waals surface area contributed by atoms with E-state index in [1.807, 2.05) is 22.7 Å². The molecule has 0 bridgehead atoms. The smallest absolute Gasteiger partial charge is 0.114 e. The van der Waals surface area contributed by atoms with Gasteiger partial charge in [-0.2, -0.15) is 17.5 Å². The van der Waals surface area contributed by atoms with Crippen LogP contribution in [-0.2, 0) is 12.8 Å². The Bertz CT molecular complexity index is 1850. The van der Waals surface area contributed by atoms with Crippen LogP contribution in [0.3, 0.4) is 0 Å². The lowest BCUT2D eigenvalue weighted by Crippen LogP contribution is -1.91. The second-order valence-corrected chi connectivity index (χ2v) is 20.5. The minimum atomic E-state index is 0.981. The molecule has 0 fully saturated rings. The van der Waals surface area contributed by atoms with Crippen molar-refractivity contribution in [2.45, 2.75) is 155 Å². The molecule has 0 aliphatic rings. The third-order valence-electron chi connectivity index (χ3n) is 10.5. The molecule has 52 heavy (non-hydrogen) atoms. The third-order valence-corrected chi connectivity index (χ3v) is 15.0. The van der Waals surface area contributed by atoms with Gasteiger partial charge in [-0.3, -0.25) is 0 Å². The number of halogens is 2. The van der Waals surface area contributed by atoms with Crippen LogP contribution in [0.4, 0.5) is 0 Å². The van der Waals surface area contributed by atoms with E-state index in [9.17, 15) is 0 Å². The maximum atomic E-state index is 4.93. The van der Waals surface area contributed by atoms with Crippen LogP contribution in [0.25, 0.3) is 53.7 Å². The van der Waals surface area contributed by atoms with Crippen molar-refractivity contribution >= 4 is 111 Å². The molecule has 0 unspecified atom stereocenters. The van der Waals surface area contributed by atoms with Crippen molar-refractivity contribution in [1.29, 1.82) is 0 Å². The van der Waals surface area contributed by atoms with Crippen LogP contribution in [0.5, 0.6) is 0 Å². The quantitative estimate of drug-likeness (QED) is 0.0568. The van der Waals surface area contributed by atoms with Crippen LogP contribution in [0.15, 0.2) is 31.8 Å². The van der Waals surface area contributed by atoms with E-state index in [0.717, 1.165) is 45.7 Å². The molecule has 280 valence electrons. The minimum Gasteiger partial charge on any atom is -0.172 e. The summed E-state index contributed by atoms with van der Waals surface area (Å²) in [6.45, 7) is 4.58. The molecule has 4 nitrogen and oxygen atoms in total. The highest BCUT2D eigenvalue weighted by molar-refractivity contribution is 9.11. The van der Waals surface area contributed by atoms with Gasteiger partial charge in [0.05, 0.1) is 31.0 Å². The number of nitrogens with zero attached hydrogens (tertiary/aromatic N) is 4. The molecule has 6 aromatic rings. The highest BCUT2D eigenvalue weighted by Gasteiger charge is 2.23. The number of rotatable bonds is 24. The molecule has 10 heteroatoms. The summed E-state index contributed by atoms with van der Waals surface area (Å²) in [5.41, 5.74) is 9.15. The predicted octanol–water partition coefficient (Wildman–Crippen LogP) is 16.8. The Morgan fingerprint density at radius 1 is 0.423 bits per heavy atom. The first-order chi connectivity index (χ1) is 25.6. The van der Waals surface area contributed by atoms with Crippen LogP contribution >= 0.6 is 78.0 Å². The van der Waals surface area contributed by atoms with E-state index in [1.54, 1.807) is 0 Å². The summed E-state index contributed by atoms with van der Waals surface area (Å²) in [5, 5.41) is 2.26. The topological polar surface area (TPSA) is 51.6 Å². The lowest BCUT2D eigenvalue weighted by molar-refractivity contribution is 0.556. The van der Waals surface area contributed by atoms with E-state index in [-0.39, 0.29) is 0 Å². The fourth-order valence-electron chi connectivity index (χ4n) is 7.63. The van der Waals surface area contributed by atoms with Crippen LogP contribution in [0.2, 0.25) is 0 Å². The highest BCUT2D eigenvalue weighted by atomic mass is 79.9. The molecule has 0 aliphatic heterocycles. The van der Waals surface area contributed by atoms with Gasteiger partial charge in [-0.15, -0.1) is 22.7 Å². The van der Waals surface area contributed by atoms with Gasteiger partial charge in [0.25, 0.3) is 0 Å². The monoisotopic (exact) mass is 900 g/mol. The molecule has 0 spiro atoms. The second kappa shape index (κ2) is 21.1. The SMILES string of the molecule is CCCCCCCCCCCCc1cc(Br)sc1-c1cc2c(cc(-c3sc(Br)cc3CCCCCCCCCCCC)c3nsnc32)c2nsnc12. The summed E-state index contributed by atoms with van der Waals surface area (Å²) >= 11 is 14.0. The van der Waals surface area contributed by atoms with Gasteiger partial charge in [-0.05, 0) is 92.9 Å². The Hall–Kier alpha value is -1.30. The summed E-state index contributed by atoms with van der Waals surface area (Å²) in [7, 11) is 0. The molecule has 0 atom stereocenters. The van der Waals surface area contributed by atoms with E-state index in [1.165, 1.54) is 191 Å². The van der Waals surface area contributed by atoms with Crippen molar-refractivity contribution in [3.8, 4) is 20.9 Å². The fraction of sp³-hybridized carbons (Fsp3) is 0.571. The van der Waals surface area contributed by atoms with Gasteiger partial charge in [-0.25, -0.2) is 0 Å². The van der Waals surface area contributed by atoms with Gasteiger partial charge < -0.3 is 0 Å². The number of aromatic nitrogens is 4. The van der Waals surface area contributed by atoms with Crippen molar-refractivity contribution in [2.24, 2.45) is 0 Å². The average molecular weight is 903 g/mol. The fourth-order valence-corrected chi connectivity index (χ4v) is 12.2. The first-order valence-electron chi connectivity index (χ1n) is 20.0. The molecule has 0 amide bonds. The van der Waals surface area contributed by atoms with Gasteiger partial charge in [0.2, 0.25) is 0 Å². The van der Waals surface area contributed by atoms with Crippen molar-refractivity contribution in [1.82, 2.24) is 17.5 Å². The van der Waals surface area contributed by atoms with Crippen molar-refractivity contribution < 1.29 is 0 Å². The molecule has 6 rings (SSSR count). The molecule has 0 N–H and O–H groups in total. The summed E-state index contributed by atoms with van der Waals surface area (Å²) in [6.07, 6.45) is 29.2. The second-order valence-electron chi connectivity index (χ2n) is 14.5. The molecule has 4 aromatic heterocycles. The maximum absolute atomic E-state index is 4.93. The number of hydrogen-bond donors (Lipinski definition) is 0. The number of benzene rings is 2. The summed E-state index contributed by atoms with van der Waals surface area (Å²) in [6, 6.07) is 9.33. The lowest BCUT2D eigenvalue weighted by Gasteiger charge is -2.11. The van der Waals surface area contributed by atoms with Crippen molar-refractivity contribution in [3.05, 3.63) is 43.0 Å². The van der Waals surface area contributed by atoms with Gasteiger partial charge in [0, 0.05) is 31.7 Å². The van der Waals surface area contributed by atoms with Gasteiger partial charge in [0.1, 0.15) is 22.1 Å². The molecule has 2 aromatic carbocycles. The summed E-state index contributed by atoms with van der Waals surface area (Å²) < 4.78 is 22.0. The first kappa shape index (κ1) is 40.4. The Kier molecular flexibility index (Phi) is 16.4. The zero-order valence-electron chi connectivity index (χ0n) is 31.0. The highest BCUT2D eigenvalue weighted by Crippen LogP contribution is 2.46. The molecule has 0 radical (unpaired) electrons. The minimum absolute atomic E-state index is 0.981. The number of fused-ring (bicyclic) bond motifs is 5. The van der Waals surface area contributed by atoms with Gasteiger partial charge >= 0.3 is 0 Å². The van der Waals surface area contributed by atoms with Crippen LogP contribution in [0, 0.1) is 0 Å². The molecule has 0 saturated heterocycles. The van der Waals surface area contributed by atoms with Gasteiger partial charge in [0.15, 0.2) is 0 Å². The normalized spacial score (nSPS) is 12.0. The third kappa shape index (κ3) is 10.5. The van der Waals surface area contributed by atoms with E-state index < -0.39 is 0 Å². The standard InChI is InChI=1S/C42H54Br2N4S4/c1-3-5-7-9-11-13-15-17-19-21-23-29-25-35(43)49-41(29)33-27-31-32(37-39(33)47-51-45-37)28-34(40-38(31)46-52-48-40)42-30(26-36(44)50-42)24-22-20-18-16-14-12-10-8-6-4-2/h25-28H,3-24H2,1-2H3. The molecule has 4 heterocycles. The van der Waals surface area contributed by atoms with Crippen molar-refractivity contribution in [3.63, 3.8) is 0 Å². The van der Waals surface area contributed by atoms with E-state index in [2.05, 4.69) is 70.0 Å². The van der Waals surface area contributed by atoms with E-state index in [4.69, 9.17) is 17.5 Å². The van der Waals surface area contributed by atoms with Crippen LogP contribution in [0.1, 0.15) is 153 Å². The largest absolute Gasteiger partial charge is 0.172 e. The summed E-state index contributed by atoms with van der Waals surface area (Å²) in [5.74, 6) is 0. The van der Waals surface area contributed by atoms with E-state index in [0.29, 0.717) is 0 Å². The first-order valence-corrected chi connectivity index (χ1v) is 24.7. The number of hydrogen-bond acceptors (Lipinski definition) is 8. The Labute approximate surface area is 344 Å². The maximum Gasteiger partial charge on any atom is 0.114 e. The number of aryl methyl sites for hydroxylation is 2. The molecule has 0 aliphatic carbocycles. The predicted molar refractivity (Wildman–Crippen MR) is 239 cm³/mol. The van der Waals surface area contributed by atoms with Crippen LogP contribution < -0.4 is 0 Å². The van der Waals surface area contributed by atoms with Gasteiger partial charge in [-0.1, -0.05) is 129 Å². The number of thiophene rings is 2. The molecular formula is C42H54Br2N4S4. The zero-order chi connectivity index (χ0) is 36.1. The summed E-state index contributed by atoms with van der Waals surface area (Å²) in [4.78, 5) is 2.62. The lowest BCUT2D eigenvalue weighted by atomic mass is 9.95. The van der Waals surface area contributed by atoms with Crippen LogP contribution in [-0.4, -0.2) is 17.5 Å². The molecule has 0 saturated carbocycles. The Morgan fingerprint density at radius 3 is 1.12 bits per heavy atom. The van der Waals surface area contributed by atoms with Crippen molar-refractivity contribution in [2.75, 3.05) is 0 Å². The Morgan fingerprint density at radius 2 is 0.750 bits per heavy atom. The Balaban J connectivity index is 1.18. The molecular weight excluding hydrogens is 849 g/mol. The number of unbranched alkanes of at least 4 members (excludes halogenated alkanes) is 18.